The van der Waals surface area contributed by atoms with Crippen LogP contribution in [0.15, 0.2) is 76.6 Å². The highest BCUT2D eigenvalue weighted by atomic mass is 32.1. The van der Waals surface area contributed by atoms with Crippen LogP contribution in [0.5, 0.6) is 5.88 Å². The number of thiazole rings is 1. The second-order valence-corrected chi connectivity index (χ2v) is 10.7. The van der Waals surface area contributed by atoms with E-state index in [1.807, 2.05) is 17.0 Å². The Hall–Kier alpha value is -4.26. The monoisotopic (exact) mass is 605 g/mol. The fourth-order valence-corrected chi connectivity index (χ4v) is 5.55. The van der Waals surface area contributed by atoms with Crippen LogP contribution in [0.2, 0.25) is 0 Å². The van der Waals surface area contributed by atoms with Gasteiger partial charge in [0.25, 0.3) is 5.88 Å². The van der Waals surface area contributed by atoms with Crippen molar-refractivity contribution in [1.29, 1.82) is 0 Å². The number of benzene rings is 2. The molecule has 2 aromatic heterocycles. The summed E-state index contributed by atoms with van der Waals surface area (Å²) in [7, 11) is 0. The molecule has 1 N–H and O–H groups in total. The molecule has 0 bridgehead atoms. The van der Waals surface area contributed by atoms with Gasteiger partial charge in [0, 0.05) is 44.0 Å². The van der Waals surface area contributed by atoms with Crippen LogP contribution in [0.1, 0.15) is 30.4 Å². The van der Waals surface area contributed by atoms with Crippen molar-refractivity contribution in [2.24, 2.45) is 0 Å². The Balaban J connectivity index is 1.27. The molecule has 226 valence electrons. The van der Waals surface area contributed by atoms with Crippen molar-refractivity contribution in [1.82, 2.24) is 19.9 Å². The van der Waals surface area contributed by atoms with E-state index >= 15 is 0 Å². The molecule has 0 aliphatic carbocycles. The van der Waals surface area contributed by atoms with Crippen molar-refractivity contribution >= 4 is 28.7 Å². The lowest BCUT2D eigenvalue weighted by molar-refractivity contribution is 0.0351. The van der Waals surface area contributed by atoms with E-state index < -0.39 is 6.16 Å². The van der Waals surface area contributed by atoms with Crippen LogP contribution in [-0.4, -0.2) is 84.7 Å². The Morgan fingerprint density at radius 2 is 1.74 bits per heavy atom. The standard InChI is InChI=1S/C31H35N5O6S/c1-2-40-31(38)41-28-21-27(42-34-28)26-22-43-29(32-26)33-30(37)36(16-15-35-17-19-39-20-18-35)14-13-25(23-9-5-3-6-10-23)24-11-7-4-8-12-24/h3-12,21-22,25H,2,13-20H2,1H3,(H,32,33,37). The van der Waals surface area contributed by atoms with Gasteiger partial charge in [-0.05, 0) is 29.6 Å². The predicted octanol–water partition coefficient (Wildman–Crippen LogP) is 5.72. The van der Waals surface area contributed by atoms with Gasteiger partial charge in [0.15, 0.2) is 10.9 Å². The first-order chi connectivity index (χ1) is 21.1. The number of amides is 2. The molecule has 12 heteroatoms. The SMILES string of the molecule is CCOC(=O)Oc1cc(-c2csc(NC(=O)N(CCC(c3ccccc3)c3ccccc3)CCN3CCOCC3)n2)on1. The Labute approximate surface area is 254 Å². The third kappa shape index (κ3) is 8.63. The third-order valence-electron chi connectivity index (χ3n) is 7.08. The molecule has 43 heavy (non-hydrogen) atoms. The zero-order valence-electron chi connectivity index (χ0n) is 24.0. The highest BCUT2D eigenvalue weighted by Crippen LogP contribution is 2.30. The van der Waals surface area contributed by atoms with Crippen LogP contribution in [0.3, 0.4) is 0 Å². The Morgan fingerprint density at radius 1 is 1.05 bits per heavy atom. The fourth-order valence-electron chi connectivity index (χ4n) is 4.86. The molecule has 1 saturated heterocycles. The molecule has 4 aromatic rings. The van der Waals surface area contributed by atoms with E-state index in [4.69, 9.17) is 18.7 Å². The second kappa shape index (κ2) is 15.3. The van der Waals surface area contributed by atoms with Gasteiger partial charge in [-0.3, -0.25) is 10.2 Å². The number of carbonyl (C=O) groups excluding carboxylic acids is 2. The maximum Gasteiger partial charge on any atom is 0.515 e. The molecule has 3 heterocycles. The number of urea groups is 1. The number of ether oxygens (including phenoxy) is 3. The summed E-state index contributed by atoms with van der Waals surface area (Å²) in [6, 6.07) is 22.0. The molecule has 0 radical (unpaired) electrons. The number of carbonyl (C=O) groups is 2. The molecule has 0 atom stereocenters. The number of nitrogens with one attached hydrogen (secondary N) is 1. The first-order valence-corrected chi connectivity index (χ1v) is 15.2. The topological polar surface area (TPSA) is 119 Å². The van der Waals surface area contributed by atoms with Crippen LogP contribution >= 0.6 is 11.3 Å². The first kappa shape index (κ1) is 30.2. The number of hydrogen-bond acceptors (Lipinski definition) is 10. The summed E-state index contributed by atoms with van der Waals surface area (Å²) >= 11 is 1.27. The number of anilines is 1. The lowest BCUT2D eigenvalue weighted by Gasteiger charge is -2.31. The highest BCUT2D eigenvalue weighted by Gasteiger charge is 2.22. The van der Waals surface area contributed by atoms with Crippen molar-refractivity contribution in [2.75, 3.05) is 57.9 Å². The minimum atomic E-state index is -0.868. The fraction of sp³-hybridized carbons (Fsp3) is 0.355. The van der Waals surface area contributed by atoms with Gasteiger partial charge < -0.3 is 23.6 Å². The summed E-state index contributed by atoms with van der Waals surface area (Å²) in [4.78, 5) is 33.9. The minimum absolute atomic E-state index is 0.0345. The van der Waals surface area contributed by atoms with Gasteiger partial charge in [-0.25, -0.2) is 14.6 Å². The molecule has 2 aromatic carbocycles. The Kier molecular flexibility index (Phi) is 10.7. The number of aromatic nitrogens is 2. The maximum atomic E-state index is 13.6. The van der Waals surface area contributed by atoms with Crippen molar-refractivity contribution < 1.29 is 28.3 Å². The molecule has 11 nitrogen and oxygen atoms in total. The van der Waals surface area contributed by atoms with E-state index in [1.54, 1.807) is 12.3 Å². The van der Waals surface area contributed by atoms with Gasteiger partial charge in [0.2, 0.25) is 0 Å². The van der Waals surface area contributed by atoms with Gasteiger partial charge in [0.1, 0.15) is 5.69 Å². The maximum absolute atomic E-state index is 13.6. The average Bonchev–Trinajstić information content (AvgIpc) is 3.70. The van der Waals surface area contributed by atoms with Gasteiger partial charge >= 0.3 is 12.2 Å². The largest absolute Gasteiger partial charge is 0.515 e. The molecule has 1 fully saturated rings. The van der Waals surface area contributed by atoms with E-state index in [9.17, 15) is 9.59 Å². The first-order valence-electron chi connectivity index (χ1n) is 14.3. The van der Waals surface area contributed by atoms with Crippen LogP contribution in [0.4, 0.5) is 14.7 Å². The summed E-state index contributed by atoms with van der Waals surface area (Å²) in [5, 5.41) is 8.85. The second-order valence-electron chi connectivity index (χ2n) is 9.89. The highest BCUT2D eigenvalue weighted by molar-refractivity contribution is 7.14. The molecule has 0 unspecified atom stereocenters. The van der Waals surface area contributed by atoms with Gasteiger partial charge in [-0.15, -0.1) is 11.3 Å². The van der Waals surface area contributed by atoms with Crippen LogP contribution in [0.25, 0.3) is 11.5 Å². The lowest BCUT2D eigenvalue weighted by Crippen LogP contribution is -2.44. The summed E-state index contributed by atoms with van der Waals surface area (Å²) in [6.07, 6.45) is -0.109. The van der Waals surface area contributed by atoms with E-state index in [2.05, 4.69) is 68.9 Å². The summed E-state index contributed by atoms with van der Waals surface area (Å²) in [6.45, 7) is 6.83. The minimum Gasteiger partial charge on any atom is -0.434 e. The number of rotatable bonds is 12. The quantitative estimate of drug-likeness (QED) is 0.202. The zero-order chi connectivity index (χ0) is 29.9. The predicted molar refractivity (Wildman–Crippen MR) is 162 cm³/mol. The number of nitrogens with zero attached hydrogens (tertiary/aromatic N) is 4. The summed E-state index contributed by atoms with van der Waals surface area (Å²) < 4.78 is 20.5. The molecule has 1 aliphatic rings. The molecule has 2 amide bonds. The van der Waals surface area contributed by atoms with Crippen molar-refractivity contribution in [3.8, 4) is 17.3 Å². The smallest absolute Gasteiger partial charge is 0.434 e. The molecule has 0 spiro atoms. The summed E-state index contributed by atoms with van der Waals surface area (Å²) in [5.41, 5.74) is 2.88. The molecule has 1 aliphatic heterocycles. The van der Waals surface area contributed by atoms with E-state index in [1.165, 1.54) is 28.5 Å². The third-order valence-corrected chi connectivity index (χ3v) is 7.84. The normalized spacial score (nSPS) is 13.5. The summed E-state index contributed by atoms with van der Waals surface area (Å²) in [5.74, 6) is 0.409. The van der Waals surface area contributed by atoms with Crippen molar-refractivity contribution in [3.05, 3.63) is 83.2 Å². The lowest BCUT2D eigenvalue weighted by atomic mass is 9.88. The van der Waals surface area contributed by atoms with Gasteiger partial charge in [-0.1, -0.05) is 60.7 Å². The van der Waals surface area contributed by atoms with Crippen molar-refractivity contribution in [3.63, 3.8) is 0 Å². The Morgan fingerprint density at radius 3 is 2.42 bits per heavy atom. The molecular weight excluding hydrogens is 570 g/mol. The van der Waals surface area contributed by atoms with Crippen molar-refractivity contribution in [2.45, 2.75) is 19.3 Å². The van der Waals surface area contributed by atoms with E-state index in [0.29, 0.717) is 42.9 Å². The van der Waals surface area contributed by atoms with Gasteiger partial charge in [-0.2, -0.15) is 0 Å². The van der Waals surface area contributed by atoms with E-state index in [-0.39, 0.29) is 24.4 Å². The molecule has 5 rings (SSSR count). The Bertz CT molecular complexity index is 1400. The van der Waals surface area contributed by atoms with Crippen LogP contribution in [-0.2, 0) is 9.47 Å². The van der Waals surface area contributed by atoms with Gasteiger partial charge in [0.05, 0.1) is 25.9 Å². The molecule has 0 saturated carbocycles. The molecular formula is C31H35N5O6S. The number of hydrogen-bond donors (Lipinski definition) is 1. The average molecular weight is 606 g/mol. The zero-order valence-corrected chi connectivity index (χ0v) is 24.8. The van der Waals surface area contributed by atoms with Crippen LogP contribution in [0, 0.1) is 0 Å². The van der Waals surface area contributed by atoms with E-state index in [0.717, 1.165) is 26.1 Å². The number of morpholine rings is 1. The van der Waals surface area contributed by atoms with Crippen LogP contribution < -0.4 is 10.1 Å².